The molecule has 0 spiro atoms. The molecule has 2 N–H and O–H groups in total. The van der Waals surface area contributed by atoms with E-state index in [1.807, 2.05) is 6.92 Å². The Kier molecular flexibility index (Phi) is 6.05. The van der Waals surface area contributed by atoms with Gasteiger partial charge in [-0.2, -0.15) is 5.10 Å². The van der Waals surface area contributed by atoms with Gasteiger partial charge in [0.15, 0.2) is 0 Å². The molecule has 6 heteroatoms. The summed E-state index contributed by atoms with van der Waals surface area (Å²) >= 11 is 0. The van der Waals surface area contributed by atoms with Crippen LogP contribution in [0.2, 0.25) is 0 Å². The first kappa shape index (κ1) is 15.2. The molecule has 0 aromatic carbocycles. The molecular formula is C13H21N3O3. The van der Waals surface area contributed by atoms with Crippen LogP contribution < -0.4 is 5.32 Å². The lowest BCUT2D eigenvalue weighted by molar-refractivity contribution is -0.137. The molecule has 6 nitrogen and oxygen atoms in total. The van der Waals surface area contributed by atoms with Crippen LogP contribution in [-0.4, -0.2) is 32.8 Å². The SMILES string of the molecule is CCCCCC(C)NC(=O)c1ccn(CC(=O)O)n1. The normalized spacial score (nSPS) is 12.1. The van der Waals surface area contributed by atoms with Crippen molar-refractivity contribution in [2.75, 3.05) is 0 Å². The van der Waals surface area contributed by atoms with Crippen molar-refractivity contribution in [2.45, 2.75) is 52.1 Å². The summed E-state index contributed by atoms with van der Waals surface area (Å²) < 4.78 is 1.24. The van der Waals surface area contributed by atoms with Crippen LogP contribution in [0, 0.1) is 0 Å². The molecule has 0 aliphatic rings. The number of aromatic nitrogens is 2. The quantitative estimate of drug-likeness (QED) is 0.702. The van der Waals surface area contributed by atoms with E-state index in [0.717, 1.165) is 25.7 Å². The molecule has 106 valence electrons. The molecule has 0 fully saturated rings. The maximum atomic E-state index is 11.9. The molecule has 1 rings (SSSR count). The lowest BCUT2D eigenvalue weighted by atomic mass is 10.1. The fourth-order valence-corrected chi connectivity index (χ4v) is 1.78. The average molecular weight is 267 g/mol. The van der Waals surface area contributed by atoms with Gasteiger partial charge in [-0.1, -0.05) is 26.2 Å². The van der Waals surface area contributed by atoms with E-state index in [-0.39, 0.29) is 24.2 Å². The third-order valence-corrected chi connectivity index (χ3v) is 2.79. The summed E-state index contributed by atoms with van der Waals surface area (Å²) in [6.45, 7) is 3.86. The number of nitrogens with one attached hydrogen (secondary N) is 1. The highest BCUT2D eigenvalue weighted by Gasteiger charge is 2.13. The van der Waals surface area contributed by atoms with Gasteiger partial charge in [-0.3, -0.25) is 14.3 Å². The van der Waals surface area contributed by atoms with Crippen LogP contribution in [0.4, 0.5) is 0 Å². The van der Waals surface area contributed by atoms with Gasteiger partial charge in [0.25, 0.3) is 5.91 Å². The summed E-state index contributed by atoms with van der Waals surface area (Å²) in [6.07, 6.45) is 5.83. The molecule has 1 unspecified atom stereocenters. The maximum absolute atomic E-state index is 11.9. The fraction of sp³-hybridized carbons (Fsp3) is 0.615. The number of carbonyl (C=O) groups is 2. The number of hydrogen-bond acceptors (Lipinski definition) is 3. The minimum Gasteiger partial charge on any atom is -0.480 e. The van der Waals surface area contributed by atoms with Crippen LogP contribution in [0.25, 0.3) is 0 Å². The van der Waals surface area contributed by atoms with E-state index in [4.69, 9.17) is 5.11 Å². The second-order valence-electron chi connectivity index (χ2n) is 4.66. The smallest absolute Gasteiger partial charge is 0.325 e. The zero-order valence-corrected chi connectivity index (χ0v) is 11.4. The van der Waals surface area contributed by atoms with Crippen molar-refractivity contribution in [3.05, 3.63) is 18.0 Å². The summed E-state index contributed by atoms with van der Waals surface area (Å²) in [5, 5.41) is 15.4. The van der Waals surface area contributed by atoms with E-state index < -0.39 is 5.97 Å². The highest BCUT2D eigenvalue weighted by atomic mass is 16.4. The molecule has 1 aromatic rings. The number of amides is 1. The molecule has 19 heavy (non-hydrogen) atoms. The van der Waals surface area contributed by atoms with Gasteiger partial charge in [-0.25, -0.2) is 0 Å². The summed E-state index contributed by atoms with van der Waals surface area (Å²) in [5.41, 5.74) is 0.253. The first-order valence-electron chi connectivity index (χ1n) is 6.59. The van der Waals surface area contributed by atoms with Gasteiger partial charge in [-0.15, -0.1) is 0 Å². The van der Waals surface area contributed by atoms with Gasteiger partial charge in [-0.05, 0) is 19.4 Å². The highest BCUT2D eigenvalue weighted by Crippen LogP contribution is 2.04. The topological polar surface area (TPSA) is 84.2 Å². The van der Waals surface area contributed by atoms with Crippen molar-refractivity contribution in [3.8, 4) is 0 Å². The van der Waals surface area contributed by atoms with E-state index in [1.54, 1.807) is 0 Å². The van der Waals surface area contributed by atoms with Crippen LogP contribution in [0.1, 0.15) is 50.0 Å². The third kappa shape index (κ3) is 5.54. The number of nitrogens with zero attached hydrogens (tertiary/aromatic N) is 2. The number of carboxylic acid groups (broad SMARTS) is 1. The Labute approximate surface area is 112 Å². The van der Waals surface area contributed by atoms with Crippen LogP contribution in [0.3, 0.4) is 0 Å². The van der Waals surface area contributed by atoms with E-state index >= 15 is 0 Å². The van der Waals surface area contributed by atoms with Crippen LogP contribution >= 0.6 is 0 Å². The van der Waals surface area contributed by atoms with Crippen molar-refractivity contribution < 1.29 is 14.7 Å². The van der Waals surface area contributed by atoms with Crippen molar-refractivity contribution in [3.63, 3.8) is 0 Å². The molecular weight excluding hydrogens is 246 g/mol. The molecule has 0 aliphatic heterocycles. The van der Waals surface area contributed by atoms with Gasteiger partial charge in [0.2, 0.25) is 0 Å². The molecule has 1 atom stereocenters. The Morgan fingerprint density at radius 1 is 1.47 bits per heavy atom. The summed E-state index contributed by atoms with van der Waals surface area (Å²) in [4.78, 5) is 22.4. The first-order valence-corrected chi connectivity index (χ1v) is 6.59. The van der Waals surface area contributed by atoms with Gasteiger partial charge in [0.05, 0.1) is 0 Å². The maximum Gasteiger partial charge on any atom is 0.325 e. The molecule has 0 saturated carbocycles. The number of unbranched alkanes of at least 4 members (excludes halogenated alkanes) is 2. The molecule has 0 bridgehead atoms. The van der Waals surface area contributed by atoms with Crippen molar-refractivity contribution in [1.29, 1.82) is 0 Å². The predicted molar refractivity (Wildman–Crippen MR) is 70.9 cm³/mol. The van der Waals surface area contributed by atoms with Crippen LogP contribution in [-0.2, 0) is 11.3 Å². The third-order valence-electron chi connectivity index (χ3n) is 2.79. The zero-order chi connectivity index (χ0) is 14.3. The second-order valence-corrected chi connectivity index (χ2v) is 4.66. The number of carbonyl (C=O) groups excluding carboxylic acids is 1. The minimum absolute atomic E-state index is 0.101. The Hall–Kier alpha value is -1.85. The summed E-state index contributed by atoms with van der Waals surface area (Å²) in [7, 11) is 0. The Bertz CT molecular complexity index is 429. The Morgan fingerprint density at radius 3 is 2.84 bits per heavy atom. The average Bonchev–Trinajstić information content (AvgIpc) is 2.77. The lowest BCUT2D eigenvalue weighted by Crippen LogP contribution is -2.32. The van der Waals surface area contributed by atoms with Gasteiger partial charge in [0, 0.05) is 12.2 Å². The lowest BCUT2D eigenvalue weighted by Gasteiger charge is -2.12. The minimum atomic E-state index is -0.983. The van der Waals surface area contributed by atoms with Crippen molar-refractivity contribution >= 4 is 11.9 Å². The monoisotopic (exact) mass is 267 g/mol. The number of hydrogen-bond donors (Lipinski definition) is 2. The van der Waals surface area contributed by atoms with E-state index in [2.05, 4.69) is 17.3 Å². The molecule has 1 heterocycles. The molecule has 0 aliphatic carbocycles. The van der Waals surface area contributed by atoms with Gasteiger partial charge in [0.1, 0.15) is 12.2 Å². The summed E-state index contributed by atoms with van der Waals surface area (Å²) in [5.74, 6) is -1.24. The number of aliphatic carboxylic acids is 1. The first-order chi connectivity index (χ1) is 9.02. The fourth-order valence-electron chi connectivity index (χ4n) is 1.78. The molecule has 0 saturated heterocycles. The van der Waals surface area contributed by atoms with E-state index in [1.165, 1.54) is 16.9 Å². The number of carboxylic acids is 1. The second kappa shape index (κ2) is 7.56. The van der Waals surface area contributed by atoms with Crippen molar-refractivity contribution in [1.82, 2.24) is 15.1 Å². The largest absolute Gasteiger partial charge is 0.480 e. The van der Waals surface area contributed by atoms with Gasteiger partial charge < -0.3 is 10.4 Å². The van der Waals surface area contributed by atoms with E-state index in [0.29, 0.717) is 0 Å². The van der Waals surface area contributed by atoms with Crippen molar-refractivity contribution in [2.24, 2.45) is 0 Å². The Balaban J connectivity index is 2.44. The predicted octanol–water partition coefficient (Wildman–Crippen LogP) is 1.67. The zero-order valence-electron chi connectivity index (χ0n) is 11.4. The number of rotatable bonds is 8. The molecule has 0 radical (unpaired) electrons. The summed E-state index contributed by atoms with van der Waals surface area (Å²) in [6, 6.07) is 1.63. The van der Waals surface area contributed by atoms with E-state index in [9.17, 15) is 9.59 Å². The van der Waals surface area contributed by atoms with Gasteiger partial charge >= 0.3 is 5.97 Å². The van der Waals surface area contributed by atoms with Crippen LogP contribution in [0.15, 0.2) is 12.3 Å². The van der Waals surface area contributed by atoms with Crippen LogP contribution in [0.5, 0.6) is 0 Å². The highest BCUT2D eigenvalue weighted by molar-refractivity contribution is 5.92. The standard InChI is InChI=1S/C13H21N3O3/c1-3-4-5-6-10(2)14-13(19)11-7-8-16(15-11)9-12(17)18/h7-8,10H,3-6,9H2,1-2H3,(H,14,19)(H,17,18). The molecule has 1 amide bonds. The Morgan fingerprint density at radius 2 is 2.21 bits per heavy atom. The molecule has 1 aromatic heterocycles.